The molecule has 1 fully saturated rings. The van der Waals surface area contributed by atoms with Gasteiger partial charge in [-0.25, -0.2) is 4.79 Å². The molecule has 0 atom stereocenters. The number of para-hydroxylation sites is 1. The second-order valence-corrected chi connectivity index (χ2v) is 7.93. The molecule has 0 unspecified atom stereocenters. The number of methoxy groups -OCH3 is 1. The van der Waals surface area contributed by atoms with Gasteiger partial charge in [-0.3, -0.25) is 9.59 Å². The van der Waals surface area contributed by atoms with Gasteiger partial charge in [0.15, 0.2) is 11.6 Å². The van der Waals surface area contributed by atoms with Crippen molar-refractivity contribution < 1.29 is 28.8 Å². The van der Waals surface area contributed by atoms with Gasteiger partial charge in [-0.05, 0) is 25.0 Å². The van der Waals surface area contributed by atoms with Gasteiger partial charge in [0.1, 0.15) is 11.1 Å². The number of esters is 1. The summed E-state index contributed by atoms with van der Waals surface area (Å²) >= 11 is 0. The van der Waals surface area contributed by atoms with Crippen LogP contribution in [0.5, 0.6) is 5.75 Å². The normalized spacial score (nSPS) is 15.4. The van der Waals surface area contributed by atoms with E-state index in [9.17, 15) is 19.5 Å². The highest BCUT2D eigenvalue weighted by Gasteiger charge is 2.38. The lowest BCUT2D eigenvalue weighted by Crippen LogP contribution is -2.45. The molecule has 1 aliphatic rings. The maximum absolute atomic E-state index is 12.4. The second-order valence-electron chi connectivity index (χ2n) is 7.93. The number of carbonyl (C=O) groups excluding carboxylic acids is 3. The fourth-order valence-electron chi connectivity index (χ4n) is 3.98. The number of aromatic hydroxyl groups is 1. The molecule has 1 aromatic heterocycles. The van der Waals surface area contributed by atoms with Crippen LogP contribution in [0.4, 0.5) is 5.69 Å². The molecule has 2 amide bonds. The van der Waals surface area contributed by atoms with Gasteiger partial charge in [-0.2, -0.15) is 4.98 Å². The summed E-state index contributed by atoms with van der Waals surface area (Å²) in [6.07, 6.45) is 5.79. The van der Waals surface area contributed by atoms with Crippen molar-refractivity contribution in [2.75, 3.05) is 12.4 Å². The van der Waals surface area contributed by atoms with E-state index >= 15 is 0 Å². The highest BCUT2D eigenvalue weighted by molar-refractivity contribution is 5.98. The van der Waals surface area contributed by atoms with Crippen LogP contribution in [0.25, 0.3) is 0 Å². The molecule has 1 saturated carbocycles. The Bertz CT molecular complexity index is 979. The van der Waals surface area contributed by atoms with Gasteiger partial charge in [0.05, 0.1) is 12.8 Å². The fourth-order valence-corrected chi connectivity index (χ4v) is 3.98. The molecule has 0 spiro atoms. The zero-order valence-corrected chi connectivity index (χ0v) is 18.3. The van der Waals surface area contributed by atoms with Crippen molar-refractivity contribution in [2.24, 2.45) is 0 Å². The summed E-state index contributed by atoms with van der Waals surface area (Å²) < 4.78 is 9.96. The first-order valence-corrected chi connectivity index (χ1v) is 10.7. The number of aryl methyl sites for hydroxylation is 1. The predicted octanol–water partition coefficient (Wildman–Crippen LogP) is 2.82. The summed E-state index contributed by atoms with van der Waals surface area (Å²) in [7, 11) is 1.21. The lowest BCUT2D eigenvalue weighted by molar-refractivity contribution is -0.121. The number of nitrogens with one attached hydrogen (secondary N) is 2. The Labute approximate surface area is 185 Å². The van der Waals surface area contributed by atoms with E-state index in [0.29, 0.717) is 5.82 Å². The van der Waals surface area contributed by atoms with Gasteiger partial charge in [-0.1, -0.05) is 36.9 Å². The van der Waals surface area contributed by atoms with Crippen molar-refractivity contribution in [1.82, 2.24) is 15.5 Å². The number of hydrogen-bond acceptors (Lipinski definition) is 8. The number of ether oxygens (including phenoxy) is 1. The summed E-state index contributed by atoms with van der Waals surface area (Å²) in [6.45, 7) is 1.47. The molecule has 1 aromatic carbocycles. The van der Waals surface area contributed by atoms with Crippen molar-refractivity contribution in [3.05, 3.63) is 35.5 Å². The average Bonchev–Trinajstić information content (AvgIpc) is 3.13. The molecule has 1 aliphatic carbocycles. The largest absolute Gasteiger partial charge is 0.505 e. The maximum atomic E-state index is 12.4. The lowest BCUT2D eigenvalue weighted by atomic mass is 9.89. The first-order chi connectivity index (χ1) is 15.3. The van der Waals surface area contributed by atoms with E-state index in [1.165, 1.54) is 32.2 Å². The Morgan fingerprint density at radius 1 is 1.19 bits per heavy atom. The van der Waals surface area contributed by atoms with E-state index in [-0.39, 0.29) is 41.6 Å². The Morgan fingerprint density at radius 3 is 2.56 bits per heavy atom. The van der Waals surface area contributed by atoms with Crippen LogP contribution >= 0.6 is 0 Å². The van der Waals surface area contributed by atoms with Crippen LogP contribution in [-0.4, -0.2) is 40.1 Å². The SMILES string of the molecule is COC(=O)c1cccc(NC(=O)CCc2nc(C3(NC(C)=O)CCCCCC3)no2)c1O. The van der Waals surface area contributed by atoms with Gasteiger partial charge in [0.25, 0.3) is 0 Å². The summed E-state index contributed by atoms with van der Waals surface area (Å²) in [5.74, 6) is -0.883. The molecule has 2 aromatic rings. The van der Waals surface area contributed by atoms with Crippen LogP contribution in [0.3, 0.4) is 0 Å². The summed E-state index contributed by atoms with van der Waals surface area (Å²) in [5.41, 5.74) is -0.586. The van der Waals surface area contributed by atoms with E-state index in [4.69, 9.17) is 4.52 Å². The number of carbonyl (C=O) groups is 3. The standard InChI is InChI=1S/C22H28N4O6/c1-14(27)25-22(12-5-3-4-6-13-22)21-24-18(32-26-21)11-10-17(28)23-16-9-7-8-15(19(16)29)20(30)31-2/h7-9,29H,3-6,10-13H2,1-2H3,(H,23,28)(H,25,27). The van der Waals surface area contributed by atoms with Gasteiger partial charge >= 0.3 is 5.97 Å². The molecule has 1 heterocycles. The number of amides is 2. The monoisotopic (exact) mass is 444 g/mol. The van der Waals surface area contributed by atoms with Gasteiger partial charge in [-0.15, -0.1) is 0 Å². The smallest absolute Gasteiger partial charge is 0.341 e. The number of rotatable bonds is 7. The van der Waals surface area contributed by atoms with Crippen molar-refractivity contribution >= 4 is 23.5 Å². The summed E-state index contributed by atoms with van der Waals surface area (Å²) in [4.78, 5) is 40.3. The molecular weight excluding hydrogens is 416 g/mol. The van der Waals surface area contributed by atoms with Crippen LogP contribution in [-0.2, 0) is 26.3 Å². The lowest BCUT2D eigenvalue weighted by Gasteiger charge is -2.30. The van der Waals surface area contributed by atoms with Crippen molar-refractivity contribution in [3.63, 3.8) is 0 Å². The molecular formula is C22H28N4O6. The summed E-state index contributed by atoms with van der Waals surface area (Å²) in [5, 5.41) is 19.9. The number of benzene rings is 1. The van der Waals surface area contributed by atoms with E-state index in [2.05, 4.69) is 25.5 Å². The Kier molecular flexibility index (Phi) is 7.45. The third-order valence-electron chi connectivity index (χ3n) is 5.55. The first-order valence-electron chi connectivity index (χ1n) is 10.7. The predicted molar refractivity (Wildman–Crippen MR) is 114 cm³/mol. The molecule has 0 bridgehead atoms. The third-order valence-corrected chi connectivity index (χ3v) is 5.55. The molecule has 0 radical (unpaired) electrons. The zero-order valence-electron chi connectivity index (χ0n) is 18.3. The number of aromatic nitrogens is 2. The highest BCUT2D eigenvalue weighted by atomic mass is 16.5. The van der Waals surface area contributed by atoms with Crippen molar-refractivity contribution in [2.45, 2.75) is 63.8 Å². The molecule has 10 nitrogen and oxygen atoms in total. The Morgan fingerprint density at radius 2 is 1.91 bits per heavy atom. The molecule has 172 valence electrons. The Hall–Kier alpha value is -3.43. The fraction of sp³-hybridized carbons (Fsp3) is 0.500. The van der Waals surface area contributed by atoms with E-state index in [1.54, 1.807) is 0 Å². The number of anilines is 1. The molecule has 3 rings (SSSR count). The van der Waals surface area contributed by atoms with Crippen molar-refractivity contribution in [1.29, 1.82) is 0 Å². The first kappa shape index (κ1) is 23.2. The average molecular weight is 444 g/mol. The topological polar surface area (TPSA) is 144 Å². The van der Waals surface area contributed by atoms with Crippen LogP contribution < -0.4 is 10.6 Å². The van der Waals surface area contributed by atoms with Crippen LogP contribution in [0.1, 0.15) is 73.9 Å². The molecule has 32 heavy (non-hydrogen) atoms. The van der Waals surface area contributed by atoms with Gasteiger partial charge in [0.2, 0.25) is 17.7 Å². The van der Waals surface area contributed by atoms with E-state index in [0.717, 1.165) is 38.5 Å². The number of nitrogens with zero attached hydrogens (tertiary/aromatic N) is 2. The van der Waals surface area contributed by atoms with Crippen molar-refractivity contribution in [3.8, 4) is 5.75 Å². The van der Waals surface area contributed by atoms with Crippen LogP contribution in [0, 0.1) is 0 Å². The van der Waals surface area contributed by atoms with E-state index in [1.807, 2.05) is 0 Å². The molecule has 0 saturated heterocycles. The third kappa shape index (κ3) is 5.43. The quantitative estimate of drug-likeness (QED) is 0.336. The Balaban J connectivity index is 1.65. The summed E-state index contributed by atoms with van der Waals surface area (Å²) in [6, 6.07) is 4.41. The second kappa shape index (κ2) is 10.3. The van der Waals surface area contributed by atoms with E-state index < -0.39 is 17.4 Å². The van der Waals surface area contributed by atoms with Gasteiger partial charge < -0.3 is 25.0 Å². The molecule has 10 heteroatoms. The number of hydrogen-bond donors (Lipinski definition) is 3. The minimum absolute atomic E-state index is 0.0245. The van der Waals surface area contributed by atoms with Gasteiger partial charge in [0, 0.05) is 19.8 Å². The van der Waals surface area contributed by atoms with Crippen LogP contribution in [0.2, 0.25) is 0 Å². The van der Waals surface area contributed by atoms with Crippen LogP contribution in [0.15, 0.2) is 22.7 Å². The molecule has 0 aliphatic heterocycles. The number of phenols is 1. The molecule has 3 N–H and O–H groups in total. The number of phenolic OH excluding ortho intramolecular Hbond substituents is 1. The maximum Gasteiger partial charge on any atom is 0.341 e. The zero-order chi connectivity index (χ0) is 23.1. The minimum atomic E-state index is -0.705. The highest BCUT2D eigenvalue weighted by Crippen LogP contribution is 2.34. The minimum Gasteiger partial charge on any atom is -0.505 e.